The number of aryl methyl sites for hydroxylation is 1. The van der Waals surface area contributed by atoms with Crippen LogP contribution in [0.2, 0.25) is 0 Å². The van der Waals surface area contributed by atoms with E-state index in [0.717, 1.165) is 29.8 Å². The Morgan fingerprint density at radius 2 is 2.00 bits per heavy atom. The molecular formula is C16H23N3O. The SMILES string of the molecule is CCC(CC)n1ccc(CC(O)c2ncccc2C)n1. The molecule has 108 valence electrons. The predicted molar refractivity (Wildman–Crippen MR) is 79.5 cm³/mol. The highest BCUT2D eigenvalue weighted by Crippen LogP contribution is 2.20. The van der Waals surface area contributed by atoms with Crippen molar-refractivity contribution in [3.8, 4) is 0 Å². The van der Waals surface area contributed by atoms with E-state index < -0.39 is 6.10 Å². The third-order valence-corrected chi connectivity index (χ3v) is 3.75. The normalized spacial score (nSPS) is 12.8. The lowest BCUT2D eigenvalue weighted by atomic mass is 10.1. The zero-order valence-corrected chi connectivity index (χ0v) is 12.5. The Morgan fingerprint density at radius 3 is 2.65 bits per heavy atom. The standard InChI is InChI=1S/C16H23N3O/c1-4-14(5-2)19-10-8-13(18-19)11-15(20)16-12(3)7-6-9-17-16/h6-10,14-15,20H,4-5,11H2,1-3H3. The number of aliphatic hydroxyl groups excluding tert-OH is 1. The monoisotopic (exact) mass is 273 g/mol. The molecule has 0 radical (unpaired) electrons. The molecule has 0 bridgehead atoms. The summed E-state index contributed by atoms with van der Waals surface area (Å²) in [4.78, 5) is 4.26. The minimum absolute atomic E-state index is 0.442. The first-order valence-electron chi connectivity index (χ1n) is 7.29. The summed E-state index contributed by atoms with van der Waals surface area (Å²) in [7, 11) is 0. The van der Waals surface area contributed by atoms with Gasteiger partial charge in [0.15, 0.2) is 0 Å². The van der Waals surface area contributed by atoms with Crippen molar-refractivity contribution in [3.63, 3.8) is 0 Å². The number of nitrogens with zero attached hydrogens (tertiary/aromatic N) is 3. The average molecular weight is 273 g/mol. The molecule has 0 aromatic carbocycles. The molecular weight excluding hydrogens is 250 g/mol. The summed E-state index contributed by atoms with van der Waals surface area (Å²) < 4.78 is 2.01. The Hall–Kier alpha value is -1.68. The van der Waals surface area contributed by atoms with Crippen molar-refractivity contribution >= 4 is 0 Å². The fourth-order valence-corrected chi connectivity index (χ4v) is 2.49. The van der Waals surface area contributed by atoms with Crippen LogP contribution in [0.4, 0.5) is 0 Å². The molecule has 0 amide bonds. The van der Waals surface area contributed by atoms with Crippen molar-refractivity contribution in [1.29, 1.82) is 0 Å². The van der Waals surface area contributed by atoms with E-state index in [1.54, 1.807) is 6.20 Å². The van der Waals surface area contributed by atoms with E-state index in [1.165, 1.54) is 0 Å². The molecule has 20 heavy (non-hydrogen) atoms. The van der Waals surface area contributed by atoms with E-state index in [0.29, 0.717) is 12.5 Å². The maximum atomic E-state index is 10.3. The van der Waals surface area contributed by atoms with Crippen LogP contribution in [0.3, 0.4) is 0 Å². The smallest absolute Gasteiger partial charge is 0.102 e. The second kappa shape index (κ2) is 6.66. The van der Waals surface area contributed by atoms with Crippen molar-refractivity contribution in [3.05, 3.63) is 47.5 Å². The molecule has 0 fully saturated rings. The fraction of sp³-hybridized carbons (Fsp3) is 0.500. The Labute approximate surface area is 120 Å². The lowest BCUT2D eigenvalue weighted by Gasteiger charge is -2.13. The molecule has 4 heteroatoms. The van der Waals surface area contributed by atoms with E-state index in [9.17, 15) is 5.11 Å². The third-order valence-electron chi connectivity index (χ3n) is 3.75. The van der Waals surface area contributed by atoms with Crippen molar-refractivity contribution in [2.75, 3.05) is 0 Å². The molecule has 0 spiro atoms. The maximum Gasteiger partial charge on any atom is 0.102 e. The van der Waals surface area contributed by atoms with Gasteiger partial charge in [-0.05, 0) is 37.5 Å². The second-order valence-electron chi connectivity index (χ2n) is 5.18. The van der Waals surface area contributed by atoms with Gasteiger partial charge in [0.2, 0.25) is 0 Å². The first-order chi connectivity index (χ1) is 9.65. The van der Waals surface area contributed by atoms with Gasteiger partial charge in [-0.3, -0.25) is 9.67 Å². The topological polar surface area (TPSA) is 50.9 Å². The van der Waals surface area contributed by atoms with Crippen LogP contribution in [0, 0.1) is 6.92 Å². The average Bonchev–Trinajstić information content (AvgIpc) is 2.89. The van der Waals surface area contributed by atoms with E-state index in [1.807, 2.05) is 36.0 Å². The van der Waals surface area contributed by atoms with Gasteiger partial charge in [-0.25, -0.2) is 0 Å². The van der Waals surface area contributed by atoms with E-state index >= 15 is 0 Å². The first-order valence-corrected chi connectivity index (χ1v) is 7.29. The van der Waals surface area contributed by atoms with E-state index in [-0.39, 0.29) is 0 Å². The summed E-state index contributed by atoms with van der Waals surface area (Å²) in [5.41, 5.74) is 2.67. The van der Waals surface area contributed by atoms with Gasteiger partial charge < -0.3 is 5.11 Å². The van der Waals surface area contributed by atoms with Crippen molar-refractivity contribution in [2.24, 2.45) is 0 Å². The van der Waals surface area contributed by atoms with Crippen LogP contribution in [-0.4, -0.2) is 19.9 Å². The molecule has 1 atom stereocenters. The van der Waals surface area contributed by atoms with E-state index in [4.69, 9.17) is 0 Å². The molecule has 4 nitrogen and oxygen atoms in total. The minimum atomic E-state index is -0.596. The van der Waals surface area contributed by atoms with Crippen LogP contribution in [0.5, 0.6) is 0 Å². The van der Waals surface area contributed by atoms with Gasteiger partial charge in [-0.1, -0.05) is 19.9 Å². The van der Waals surface area contributed by atoms with Crippen LogP contribution in [0.15, 0.2) is 30.6 Å². The van der Waals surface area contributed by atoms with Crippen molar-refractivity contribution in [2.45, 2.75) is 52.2 Å². The fourth-order valence-electron chi connectivity index (χ4n) is 2.49. The lowest BCUT2D eigenvalue weighted by Crippen LogP contribution is -2.10. The molecule has 0 saturated heterocycles. The van der Waals surface area contributed by atoms with Gasteiger partial charge in [0.25, 0.3) is 0 Å². The summed E-state index contributed by atoms with van der Waals surface area (Å²) in [5, 5.41) is 14.9. The highest BCUT2D eigenvalue weighted by Gasteiger charge is 2.15. The number of hydrogen-bond acceptors (Lipinski definition) is 3. The third kappa shape index (κ3) is 3.25. The van der Waals surface area contributed by atoms with Gasteiger partial charge >= 0.3 is 0 Å². The number of rotatable bonds is 6. The molecule has 0 aliphatic carbocycles. The molecule has 0 aliphatic rings. The number of aromatic nitrogens is 3. The van der Waals surface area contributed by atoms with Crippen molar-refractivity contribution in [1.82, 2.24) is 14.8 Å². The molecule has 2 rings (SSSR count). The van der Waals surface area contributed by atoms with Crippen LogP contribution < -0.4 is 0 Å². The minimum Gasteiger partial charge on any atom is -0.386 e. The highest BCUT2D eigenvalue weighted by molar-refractivity contribution is 5.21. The van der Waals surface area contributed by atoms with Gasteiger partial charge in [0, 0.05) is 18.8 Å². The Kier molecular flexibility index (Phi) is 4.90. The second-order valence-corrected chi connectivity index (χ2v) is 5.18. The van der Waals surface area contributed by atoms with Gasteiger partial charge in [0.1, 0.15) is 6.10 Å². The lowest BCUT2D eigenvalue weighted by molar-refractivity contribution is 0.171. The summed E-state index contributed by atoms with van der Waals surface area (Å²) in [6, 6.07) is 6.28. The number of aliphatic hydroxyl groups is 1. The maximum absolute atomic E-state index is 10.3. The summed E-state index contributed by atoms with van der Waals surface area (Å²) >= 11 is 0. The van der Waals surface area contributed by atoms with Crippen LogP contribution in [0.1, 0.15) is 55.8 Å². The molecule has 1 unspecified atom stereocenters. The Morgan fingerprint density at radius 1 is 1.25 bits per heavy atom. The quantitative estimate of drug-likeness (QED) is 0.879. The highest BCUT2D eigenvalue weighted by atomic mass is 16.3. The van der Waals surface area contributed by atoms with Crippen LogP contribution in [0.25, 0.3) is 0 Å². The molecule has 0 saturated carbocycles. The first kappa shape index (κ1) is 14.7. The molecule has 1 N–H and O–H groups in total. The zero-order chi connectivity index (χ0) is 14.5. The summed E-state index contributed by atoms with van der Waals surface area (Å²) in [5.74, 6) is 0. The van der Waals surface area contributed by atoms with E-state index in [2.05, 4.69) is 23.9 Å². The van der Waals surface area contributed by atoms with Gasteiger partial charge in [-0.2, -0.15) is 5.10 Å². The predicted octanol–water partition coefficient (Wildman–Crippen LogP) is 3.22. The largest absolute Gasteiger partial charge is 0.386 e. The number of pyridine rings is 1. The number of hydrogen-bond donors (Lipinski definition) is 1. The van der Waals surface area contributed by atoms with Gasteiger partial charge in [0.05, 0.1) is 17.4 Å². The Bertz CT molecular complexity index is 546. The molecule has 2 heterocycles. The molecule has 2 aromatic heterocycles. The molecule has 0 aliphatic heterocycles. The molecule has 2 aromatic rings. The summed E-state index contributed by atoms with van der Waals surface area (Å²) in [6.07, 6.45) is 5.77. The van der Waals surface area contributed by atoms with Crippen molar-refractivity contribution < 1.29 is 5.11 Å². The van der Waals surface area contributed by atoms with Gasteiger partial charge in [-0.15, -0.1) is 0 Å². The zero-order valence-electron chi connectivity index (χ0n) is 12.5. The summed E-state index contributed by atoms with van der Waals surface area (Å²) in [6.45, 7) is 6.30. The Balaban J connectivity index is 2.09. The van der Waals surface area contributed by atoms with Crippen LogP contribution in [-0.2, 0) is 6.42 Å². The van der Waals surface area contributed by atoms with Crippen LogP contribution >= 0.6 is 0 Å².